The number of hydrogen-bond acceptors (Lipinski definition) is 6. The summed E-state index contributed by atoms with van der Waals surface area (Å²) in [7, 11) is 0. The molecule has 1 aliphatic carbocycles. The Morgan fingerprint density at radius 2 is 1.85 bits per heavy atom. The molecule has 0 saturated heterocycles. The topological polar surface area (TPSA) is 218 Å². The fourth-order valence-electron chi connectivity index (χ4n) is 4.52. The van der Waals surface area contributed by atoms with Gasteiger partial charge in [-0.15, -0.1) is 0 Å². The quantitative estimate of drug-likeness (QED) is 0.0763. The lowest BCUT2D eigenvalue weighted by molar-refractivity contribution is -0.139. The first-order chi connectivity index (χ1) is 18.7. The molecule has 1 atom stereocenters. The zero-order chi connectivity index (χ0) is 28.1. The maximum absolute atomic E-state index is 13.1. The van der Waals surface area contributed by atoms with Gasteiger partial charge in [-0.2, -0.15) is 0 Å². The van der Waals surface area contributed by atoms with Crippen molar-refractivity contribution in [3.8, 4) is 17.0 Å². The fourth-order valence-corrected chi connectivity index (χ4v) is 4.52. The van der Waals surface area contributed by atoms with Crippen LogP contribution in [0.1, 0.15) is 33.6 Å². The molecule has 0 aliphatic heterocycles. The number of fused-ring (bicyclic) bond motifs is 3. The maximum Gasteiger partial charge on any atom is 0.329 e. The molecule has 13 nitrogen and oxygen atoms in total. The molecule has 1 unspecified atom stereocenters. The van der Waals surface area contributed by atoms with E-state index in [1.807, 2.05) is 30.3 Å². The summed E-state index contributed by atoms with van der Waals surface area (Å²) in [5.41, 5.74) is 14.2. The molecular formula is C26H29N7O6. The number of imidazole rings is 1. The Kier molecular flexibility index (Phi) is 7.98. The van der Waals surface area contributed by atoms with Crippen LogP contribution in [0.2, 0.25) is 0 Å². The number of carbonyl (C=O) groups is 3. The van der Waals surface area contributed by atoms with Crippen molar-refractivity contribution in [3.05, 3.63) is 75.3 Å². The summed E-state index contributed by atoms with van der Waals surface area (Å²) in [4.78, 5) is 55.9. The Balaban J connectivity index is 1.37. The van der Waals surface area contributed by atoms with Crippen LogP contribution < -0.4 is 27.8 Å². The van der Waals surface area contributed by atoms with Crippen molar-refractivity contribution < 1.29 is 24.6 Å². The first kappa shape index (κ1) is 27.0. The standard InChI is InChI=1S/C26H29N7O6/c27-25(28)29-10-4-9-19-23(36)33(26(39)32-19)13-21(34)30-12-20(24(37)38)31-22(35)17-8-3-7-16-15-6-2-1-5-14(15)11-18(16)17/h1-3,5-8,20,36H,4,9-13H2,(H,30,34)(H,31,35)(H,32,39)(H,37,38)(H4,27,28,29). The third kappa shape index (κ3) is 6.09. The van der Waals surface area contributed by atoms with Crippen molar-refractivity contribution in [1.29, 1.82) is 0 Å². The van der Waals surface area contributed by atoms with Crippen LogP contribution in [-0.2, 0) is 29.0 Å². The van der Waals surface area contributed by atoms with Gasteiger partial charge in [0.15, 0.2) is 5.96 Å². The number of hydrogen-bond donors (Lipinski definition) is 7. The Morgan fingerprint density at radius 1 is 1.10 bits per heavy atom. The van der Waals surface area contributed by atoms with Crippen LogP contribution in [0, 0.1) is 0 Å². The van der Waals surface area contributed by atoms with Crippen LogP contribution in [0.25, 0.3) is 11.1 Å². The first-order valence-electron chi connectivity index (χ1n) is 12.2. The van der Waals surface area contributed by atoms with Crippen LogP contribution >= 0.6 is 0 Å². The van der Waals surface area contributed by atoms with Crippen LogP contribution in [0.15, 0.2) is 52.3 Å². The van der Waals surface area contributed by atoms with Crippen molar-refractivity contribution in [2.75, 3.05) is 13.1 Å². The van der Waals surface area contributed by atoms with Gasteiger partial charge >= 0.3 is 11.7 Å². The predicted octanol–water partition coefficient (Wildman–Crippen LogP) is -0.341. The molecule has 0 bridgehead atoms. The molecule has 0 fully saturated rings. The number of H-pyrrole nitrogens is 1. The van der Waals surface area contributed by atoms with Crippen LogP contribution in [0.3, 0.4) is 0 Å². The normalized spacial score (nSPS) is 12.2. The molecule has 4 rings (SSSR count). The highest BCUT2D eigenvalue weighted by Gasteiger charge is 2.27. The Hall–Kier alpha value is -5.07. The van der Waals surface area contributed by atoms with Gasteiger partial charge in [-0.05, 0) is 47.6 Å². The van der Waals surface area contributed by atoms with E-state index >= 15 is 0 Å². The number of carbonyl (C=O) groups excluding carboxylic acids is 2. The third-order valence-electron chi connectivity index (χ3n) is 6.41. The van der Waals surface area contributed by atoms with E-state index in [2.05, 4.69) is 20.6 Å². The van der Waals surface area contributed by atoms with E-state index in [1.165, 1.54) is 0 Å². The molecule has 1 aromatic heterocycles. The summed E-state index contributed by atoms with van der Waals surface area (Å²) in [6.07, 6.45) is 1.25. The average Bonchev–Trinajstić information content (AvgIpc) is 3.41. The number of benzene rings is 2. The number of nitrogens with zero attached hydrogens (tertiary/aromatic N) is 2. The molecule has 13 heteroatoms. The largest absolute Gasteiger partial charge is 0.493 e. The van der Waals surface area contributed by atoms with Gasteiger partial charge < -0.3 is 37.3 Å². The van der Waals surface area contributed by atoms with Gasteiger partial charge in [0.1, 0.15) is 12.6 Å². The van der Waals surface area contributed by atoms with Gasteiger partial charge in [-0.1, -0.05) is 36.4 Å². The number of aromatic amines is 1. The number of carboxylic acid groups (broad SMARTS) is 1. The van der Waals surface area contributed by atoms with Crippen molar-refractivity contribution >= 4 is 23.7 Å². The fraction of sp³-hybridized carbons (Fsp3) is 0.269. The molecule has 3 aromatic rings. The molecular weight excluding hydrogens is 506 g/mol. The number of aliphatic imine (C=N–C) groups is 1. The number of aromatic hydroxyl groups is 1. The Bertz CT molecular complexity index is 1500. The van der Waals surface area contributed by atoms with E-state index in [4.69, 9.17) is 11.5 Å². The number of guanidine groups is 1. The van der Waals surface area contributed by atoms with E-state index in [1.54, 1.807) is 12.1 Å². The zero-order valence-electron chi connectivity index (χ0n) is 20.9. The van der Waals surface area contributed by atoms with Crippen LogP contribution in [-0.4, -0.2) is 62.6 Å². The Morgan fingerprint density at radius 3 is 2.59 bits per heavy atom. The summed E-state index contributed by atoms with van der Waals surface area (Å²) < 4.78 is 0.824. The van der Waals surface area contributed by atoms with Crippen LogP contribution in [0.5, 0.6) is 5.88 Å². The molecule has 0 radical (unpaired) electrons. The van der Waals surface area contributed by atoms with Crippen molar-refractivity contribution in [3.63, 3.8) is 0 Å². The number of aliphatic carboxylic acids is 1. The smallest absolute Gasteiger partial charge is 0.329 e. The lowest BCUT2D eigenvalue weighted by atomic mass is 10.0. The second kappa shape index (κ2) is 11.5. The van der Waals surface area contributed by atoms with Gasteiger partial charge in [-0.25, -0.2) is 9.59 Å². The lowest BCUT2D eigenvalue weighted by Crippen LogP contribution is -2.49. The third-order valence-corrected chi connectivity index (χ3v) is 6.41. The molecule has 9 N–H and O–H groups in total. The highest BCUT2D eigenvalue weighted by Crippen LogP contribution is 2.38. The second-order valence-corrected chi connectivity index (χ2v) is 9.06. The first-order valence-corrected chi connectivity index (χ1v) is 12.2. The molecule has 2 amide bonds. The minimum atomic E-state index is -1.43. The zero-order valence-corrected chi connectivity index (χ0v) is 20.9. The predicted molar refractivity (Wildman–Crippen MR) is 142 cm³/mol. The van der Waals surface area contributed by atoms with Crippen molar-refractivity contribution in [2.45, 2.75) is 31.8 Å². The number of aromatic nitrogens is 2. The molecule has 1 heterocycles. The number of amides is 2. The van der Waals surface area contributed by atoms with E-state index in [9.17, 15) is 29.4 Å². The van der Waals surface area contributed by atoms with Crippen molar-refractivity contribution in [1.82, 2.24) is 20.2 Å². The van der Waals surface area contributed by atoms with Gasteiger partial charge in [0, 0.05) is 18.7 Å². The summed E-state index contributed by atoms with van der Waals surface area (Å²) in [6.45, 7) is -0.698. The average molecular weight is 536 g/mol. The summed E-state index contributed by atoms with van der Waals surface area (Å²) >= 11 is 0. The number of carboxylic acids is 1. The maximum atomic E-state index is 13.1. The summed E-state index contributed by atoms with van der Waals surface area (Å²) in [5.74, 6) is -3.14. The highest BCUT2D eigenvalue weighted by atomic mass is 16.4. The van der Waals surface area contributed by atoms with E-state index in [0.29, 0.717) is 18.4 Å². The molecule has 1 aliphatic rings. The molecule has 0 spiro atoms. The van der Waals surface area contributed by atoms with E-state index < -0.39 is 48.5 Å². The van der Waals surface area contributed by atoms with Crippen molar-refractivity contribution in [2.24, 2.45) is 16.5 Å². The van der Waals surface area contributed by atoms with Gasteiger partial charge in [0.2, 0.25) is 11.8 Å². The Labute approximate surface area is 222 Å². The molecule has 204 valence electrons. The number of rotatable bonds is 11. The lowest BCUT2D eigenvalue weighted by Gasteiger charge is -2.17. The van der Waals surface area contributed by atoms with Crippen LogP contribution in [0.4, 0.5) is 0 Å². The second-order valence-electron chi connectivity index (χ2n) is 9.06. The van der Waals surface area contributed by atoms with Gasteiger partial charge in [0.05, 0.1) is 5.69 Å². The number of aryl methyl sites for hydroxylation is 1. The minimum absolute atomic E-state index is 0.0731. The van der Waals surface area contributed by atoms with Gasteiger partial charge in [0.25, 0.3) is 5.91 Å². The van der Waals surface area contributed by atoms with E-state index in [0.717, 1.165) is 26.8 Å². The monoisotopic (exact) mass is 535 g/mol. The highest BCUT2D eigenvalue weighted by molar-refractivity contribution is 6.00. The summed E-state index contributed by atoms with van der Waals surface area (Å²) in [6, 6.07) is 11.7. The van der Waals surface area contributed by atoms with E-state index in [-0.39, 0.29) is 24.6 Å². The summed E-state index contributed by atoms with van der Waals surface area (Å²) in [5, 5.41) is 24.8. The van der Waals surface area contributed by atoms with Gasteiger partial charge in [-0.3, -0.25) is 19.1 Å². The number of nitrogens with one attached hydrogen (secondary N) is 3. The molecule has 2 aromatic carbocycles. The molecule has 39 heavy (non-hydrogen) atoms. The number of nitrogens with two attached hydrogens (primary N) is 2. The minimum Gasteiger partial charge on any atom is -0.493 e. The molecule has 0 saturated carbocycles. The SMILES string of the molecule is NC(N)=NCCCc1[nH]c(=O)n(CC(=O)NCC(NC(=O)c2cccc3c2Cc2ccccc2-3)C(=O)O)c1O.